The van der Waals surface area contributed by atoms with Crippen LogP contribution in [0.15, 0.2) is 88.4 Å². The number of nitrogens with zero attached hydrogens (tertiary/aromatic N) is 1. The minimum Gasteiger partial charge on any atom is -0.444 e. The van der Waals surface area contributed by atoms with Crippen LogP contribution in [0.2, 0.25) is 0 Å². The number of hydrogen-bond donors (Lipinski definition) is 1. The topological polar surface area (TPSA) is 72.2 Å². The molecule has 0 aliphatic rings. The molecular weight excluding hydrogens is 360 g/mol. The minimum atomic E-state index is -3.58. The molecule has 1 heterocycles. The standard InChI is InChI=1S/C21H18N2O3S/c24-27(25,20-11-10-16-6-4-5-9-18(16)14-20)22-13-12-19-15-26-21(23-19)17-7-2-1-3-8-17/h1-11,14-15,22H,12-13H2. The van der Waals surface area contributed by atoms with Gasteiger partial charge in [0.1, 0.15) is 6.26 Å². The quantitative estimate of drug-likeness (QED) is 0.550. The van der Waals surface area contributed by atoms with E-state index in [-0.39, 0.29) is 11.4 Å². The van der Waals surface area contributed by atoms with Crippen LogP contribution >= 0.6 is 0 Å². The van der Waals surface area contributed by atoms with Gasteiger partial charge in [-0.15, -0.1) is 0 Å². The minimum absolute atomic E-state index is 0.246. The van der Waals surface area contributed by atoms with Gasteiger partial charge in [0.15, 0.2) is 0 Å². The van der Waals surface area contributed by atoms with Gasteiger partial charge in [-0.25, -0.2) is 18.1 Å². The Labute approximate surface area is 157 Å². The van der Waals surface area contributed by atoms with Crippen LogP contribution in [0.1, 0.15) is 5.69 Å². The lowest BCUT2D eigenvalue weighted by molar-refractivity contribution is 0.570. The molecule has 5 nitrogen and oxygen atoms in total. The zero-order valence-electron chi connectivity index (χ0n) is 14.5. The molecule has 136 valence electrons. The summed E-state index contributed by atoms with van der Waals surface area (Å²) in [4.78, 5) is 4.67. The Morgan fingerprint density at radius 3 is 2.44 bits per heavy atom. The van der Waals surface area contributed by atoms with E-state index in [2.05, 4.69) is 9.71 Å². The summed E-state index contributed by atoms with van der Waals surface area (Å²) in [6, 6.07) is 22.4. The first kappa shape index (κ1) is 17.5. The van der Waals surface area contributed by atoms with Gasteiger partial charge < -0.3 is 4.42 Å². The van der Waals surface area contributed by atoms with Crippen LogP contribution in [0.25, 0.3) is 22.2 Å². The Kier molecular flexibility index (Phi) is 4.75. The Hall–Kier alpha value is -2.96. The van der Waals surface area contributed by atoms with Crippen LogP contribution in [-0.2, 0) is 16.4 Å². The van der Waals surface area contributed by atoms with E-state index in [4.69, 9.17) is 4.42 Å². The molecule has 0 saturated carbocycles. The molecule has 27 heavy (non-hydrogen) atoms. The molecule has 0 atom stereocenters. The smallest absolute Gasteiger partial charge is 0.240 e. The molecule has 0 saturated heterocycles. The molecule has 0 spiro atoms. The Bertz CT molecular complexity index is 1170. The first-order chi connectivity index (χ1) is 13.1. The van der Waals surface area contributed by atoms with Crippen molar-refractivity contribution in [1.82, 2.24) is 9.71 Å². The van der Waals surface area contributed by atoms with Gasteiger partial charge in [0.05, 0.1) is 10.6 Å². The van der Waals surface area contributed by atoms with Gasteiger partial charge in [0.2, 0.25) is 15.9 Å². The second-order valence-corrected chi connectivity index (χ2v) is 7.93. The summed E-state index contributed by atoms with van der Waals surface area (Å²) < 4.78 is 33.2. The highest BCUT2D eigenvalue weighted by molar-refractivity contribution is 7.89. The van der Waals surface area contributed by atoms with Crippen LogP contribution in [0.4, 0.5) is 0 Å². The van der Waals surface area contributed by atoms with E-state index in [1.54, 1.807) is 18.4 Å². The van der Waals surface area contributed by atoms with Crippen molar-refractivity contribution in [2.24, 2.45) is 0 Å². The number of rotatable bonds is 6. The van der Waals surface area contributed by atoms with Crippen molar-refractivity contribution >= 4 is 20.8 Å². The van der Waals surface area contributed by atoms with Crippen LogP contribution in [-0.4, -0.2) is 19.9 Å². The summed E-state index contributed by atoms with van der Waals surface area (Å²) in [6.07, 6.45) is 2.01. The van der Waals surface area contributed by atoms with Crippen LogP contribution in [0.5, 0.6) is 0 Å². The Morgan fingerprint density at radius 1 is 0.889 bits per heavy atom. The van der Waals surface area contributed by atoms with Crippen molar-refractivity contribution in [3.63, 3.8) is 0 Å². The number of benzene rings is 3. The fourth-order valence-corrected chi connectivity index (χ4v) is 3.93. The zero-order valence-corrected chi connectivity index (χ0v) is 15.3. The van der Waals surface area contributed by atoms with Crippen LogP contribution in [0.3, 0.4) is 0 Å². The highest BCUT2D eigenvalue weighted by Crippen LogP contribution is 2.20. The van der Waals surface area contributed by atoms with Gasteiger partial charge in [0, 0.05) is 18.5 Å². The molecule has 0 aliphatic heterocycles. The average Bonchev–Trinajstić information content (AvgIpc) is 3.17. The van der Waals surface area contributed by atoms with Crippen molar-refractivity contribution < 1.29 is 12.8 Å². The van der Waals surface area contributed by atoms with Crippen LogP contribution < -0.4 is 4.72 Å². The van der Waals surface area contributed by atoms with Crippen molar-refractivity contribution in [2.45, 2.75) is 11.3 Å². The third-order valence-corrected chi connectivity index (χ3v) is 5.74. The maximum Gasteiger partial charge on any atom is 0.240 e. The number of sulfonamides is 1. The van der Waals surface area contributed by atoms with E-state index < -0.39 is 10.0 Å². The molecule has 0 amide bonds. The van der Waals surface area contributed by atoms with Crippen LogP contribution in [0, 0.1) is 0 Å². The third kappa shape index (κ3) is 3.92. The first-order valence-electron chi connectivity index (χ1n) is 8.60. The van der Waals surface area contributed by atoms with E-state index >= 15 is 0 Å². The summed E-state index contributed by atoms with van der Waals surface area (Å²) in [5.74, 6) is 0.531. The summed E-state index contributed by atoms with van der Waals surface area (Å²) in [5, 5.41) is 1.90. The maximum atomic E-state index is 12.5. The predicted octanol–water partition coefficient (Wildman–Crippen LogP) is 4.02. The SMILES string of the molecule is O=S(=O)(NCCc1coc(-c2ccccc2)n1)c1ccc2ccccc2c1. The lowest BCUT2D eigenvalue weighted by Gasteiger charge is -2.07. The summed E-state index contributed by atoms with van der Waals surface area (Å²) in [5.41, 5.74) is 1.59. The highest BCUT2D eigenvalue weighted by Gasteiger charge is 2.14. The number of nitrogens with one attached hydrogen (secondary N) is 1. The second kappa shape index (κ2) is 7.34. The van der Waals surface area contributed by atoms with Crippen molar-refractivity contribution in [2.75, 3.05) is 6.54 Å². The molecular formula is C21H18N2O3S. The average molecular weight is 378 g/mol. The molecule has 6 heteroatoms. The Morgan fingerprint density at radius 2 is 1.63 bits per heavy atom. The summed E-state index contributed by atoms with van der Waals surface area (Å²) in [6.45, 7) is 0.246. The van der Waals surface area contributed by atoms with E-state index in [9.17, 15) is 8.42 Å². The van der Waals surface area contributed by atoms with Gasteiger partial charge >= 0.3 is 0 Å². The number of aromatic nitrogens is 1. The number of hydrogen-bond acceptors (Lipinski definition) is 4. The fourth-order valence-electron chi connectivity index (χ4n) is 2.87. The molecule has 0 unspecified atom stereocenters. The monoisotopic (exact) mass is 378 g/mol. The van der Waals surface area contributed by atoms with Gasteiger partial charge in [-0.3, -0.25) is 0 Å². The molecule has 0 fully saturated rings. The van der Waals surface area contributed by atoms with Crippen molar-refractivity contribution in [3.05, 3.63) is 84.8 Å². The number of oxazole rings is 1. The van der Waals surface area contributed by atoms with Crippen molar-refractivity contribution in [1.29, 1.82) is 0 Å². The van der Waals surface area contributed by atoms with Crippen molar-refractivity contribution in [3.8, 4) is 11.5 Å². The normalized spacial score (nSPS) is 11.7. The van der Waals surface area contributed by atoms with Gasteiger partial charge in [-0.05, 0) is 35.0 Å². The van der Waals surface area contributed by atoms with Gasteiger partial charge in [0.25, 0.3) is 0 Å². The predicted molar refractivity (Wildman–Crippen MR) is 105 cm³/mol. The molecule has 0 radical (unpaired) electrons. The highest BCUT2D eigenvalue weighted by atomic mass is 32.2. The molecule has 4 rings (SSSR count). The Balaban J connectivity index is 1.42. The molecule has 1 aromatic heterocycles. The molecule has 1 N–H and O–H groups in total. The van der Waals surface area contributed by atoms with E-state index in [0.29, 0.717) is 18.0 Å². The maximum absolute atomic E-state index is 12.5. The van der Waals surface area contributed by atoms with E-state index in [1.165, 1.54) is 0 Å². The largest absolute Gasteiger partial charge is 0.444 e. The second-order valence-electron chi connectivity index (χ2n) is 6.17. The van der Waals surface area contributed by atoms with Gasteiger partial charge in [-0.2, -0.15) is 0 Å². The van der Waals surface area contributed by atoms with E-state index in [0.717, 1.165) is 16.3 Å². The zero-order chi connectivity index (χ0) is 18.7. The molecule has 0 bridgehead atoms. The molecule has 4 aromatic rings. The first-order valence-corrected chi connectivity index (χ1v) is 10.1. The lowest BCUT2D eigenvalue weighted by Crippen LogP contribution is -2.26. The summed E-state index contributed by atoms with van der Waals surface area (Å²) in [7, 11) is -3.58. The molecule has 0 aliphatic carbocycles. The third-order valence-electron chi connectivity index (χ3n) is 4.28. The molecule has 3 aromatic carbocycles. The summed E-state index contributed by atoms with van der Waals surface area (Å²) >= 11 is 0. The lowest BCUT2D eigenvalue weighted by atomic mass is 10.1. The number of fused-ring (bicyclic) bond motifs is 1. The fraction of sp³-hybridized carbons (Fsp3) is 0.0952. The van der Waals surface area contributed by atoms with Gasteiger partial charge in [-0.1, -0.05) is 48.5 Å². The van der Waals surface area contributed by atoms with E-state index in [1.807, 2.05) is 60.7 Å².